The number of carboxylic acid groups (broad SMARTS) is 3. The van der Waals surface area contributed by atoms with Crippen LogP contribution in [0.3, 0.4) is 0 Å². The molecule has 0 aliphatic rings. The monoisotopic (exact) mass is 370 g/mol. The van der Waals surface area contributed by atoms with Gasteiger partial charge in [-0.2, -0.15) is 8.42 Å². The van der Waals surface area contributed by atoms with Crippen molar-refractivity contribution in [3.63, 3.8) is 0 Å². The van der Waals surface area contributed by atoms with E-state index in [0.717, 1.165) is 0 Å². The highest BCUT2D eigenvalue weighted by molar-refractivity contribution is 7.85. The topological polar surface area (TPSA) is 253 Å². The Balaban J connectivity index is 0. The van der Waals surface area contributed by atoms with E-state index in [9.17, 15) is 27.4 Å². The Labute approximate surface area is 121 Å². The third-order valence-electron chi connectivity index (χ3n) is 1.48. The van der Waals surface area contributed by atoms with Gasteiger partial charge in [-0.05, 0) is 0 Å². The molecule has 0 aliphatic carbocycles. The molecule has 0 saturated carbocycles. The molecule has 0 aromatic rings. The number of aliphatic carboxylic acids is 3. The smallest absolute Gasteiger partial charge is 0.481 e. The predicted octanol–water partition coefficient (Wildman–Crippen LogP) is -2.35. The van der Waals surface area contributed by atoms with Gasteiger partial charge in [0.1, 0.15) is 0 Å². The van der Waals surface area contributed by atoms with Crippen molar-refractivity contribution in [1.82, 2.24) is 0 Å². The van der Waals surface area contributed by atoms with Gasteiger partial charge >= 0.3 is 36.1 Å². The lowest BCUT2D eigenvalue weighted by Crippen LogP contribution is -2.42. The first kappa shape index (κ1) is 22.7. The maximum absolute atomic E-state index is 10.3. The van der Waals surface area contributed by atoms with E-state index in [4.69, 9.17) is 34.8 Å². The zero-order valence-electron chi connectivity index (χ0n) is 10.3. The van der Waals surface area contributed by atoms with Crippen LogP contribution in [0.15, 0.2) is 0 Å². The first-order valence-electron chi connectivity index (χ1n) is 4.62. The number of rotatable bonds is 7. The maximum atomic E-state index is 10.3. The molecule has 0 spiro atoms. The lowest BCUT2D eigenvalue weighted by atomic mass is 9.96. The van der Waals surface area contributed by atoms with Gasteiger partial charge in [0.05, 0.1) is 12.8 Å². The van der Waals surface area contributed by atoms with E-state index in [1.807, 2.05) is 0 Å². The van der Waals surface area contributed by atoms with Crippen LogP contribution in [0.1, 0.15) is 12.8 Å². The molecule has 0 aliphatic heterocycles. The highest BCUT2D eigenvalue weighted by atomic mass is 32.3. The fraction of sp³-hybridized carbons (Fsp3) is 0.500. The molecule has 14 nitrogen and oxygen atoms in total. The molecule has 0 rings (SSSR count). The summed E-state index contributed by atoms with van der Waals surface area (Å²) in [7, 11) is -10.2. The van der Waals surface area contributed by atoms with E-state index in [0.29, 0.717) is 0 Å². The molecule has 0 bridgehead atoms. The molecule has 130 valence electrons. The van der Waals surface area contributed by atoms with Crippen molar-refractivity contribution < 1.29 is 66.1 Å². The van der Waals surface area contributed by atoms with Gasteiger partial charge in [-0.1, -0.05) is 0 Å². The lowest BCUT2D eigenvalue weighted by Gasteiger charge is -2.18. The Morgan fingerprint density at radius 3 is 1.41 bits per heavy atom. The summed E-state index contributed by atoms with van der Waals surface area (Å²) in [6.07, 6.45) is -2.29. The summed E-state index contributed by atoms with van der Waals surface area (Å²) in [6, 6.07) is 0. The van der Waals surface area contributed by atoms with Crippen LogP contribution >= 0.6 is 7.82 Å². The standard InChI is InChI=1S/C6H8O7.H3O7PS/c7-3(8)1-6(13,5(11)12)2-4(9)10;1-8(2,3)7-9(4,5)6/h13H,1-2H2,(H,7,8)(H,9,10)(H,11,12);(H2,1,2,3)(H,4,5,6). The van der Waals surface area contributed by atoms with Crippen molar-refractivity contribution in [2.24, 2.45) is 0 Å². The zero-order valence-corrected chi connectivity index (χ0v) is 12.0. The van der Waals surface area contributed by atoms with Gasteiger partial charge in [0.15, 0.2) is 5.60 Å². The van der Waals surface area contributed by atoms with E-state index in [1.165, 1.54) is 0 Å². The summed E-state index contributed by atoms with van der Waals surface area (Å²) in [5, 5.41) is 33.8. The second-order valence-electron chi connectivity index (χ2n) is 3.47. The second-order valence-corrected chi connectivity index (χ2v) is 5.90. The van der Waals surface area contributed by atoms with Crippen molar-refractivity contribution in [1.29, 1.82) is 0 Å². The first-order chi connectivity index (χ1) is 9.48. The SMILES string of the molecule is O=C(O)CC(O)(CC(=O)O)C(=O)O.O=P(O)(O)OS(=O)(=O)O. The highest BCUT2D eigenvalue weighted by Crippen LogP contribution is 2.37. The van der Waals surface area contributed by atoms with Crippen LogP contribution in [-0.4, -0.2) is 66.7 Å². The Morgan fingerprint density at radius 1 is 1.00 bits per heavy atom. The fourth-order valence-electron chi connectivity index (χ4n) is 0.837. The number of carbonyl (C=O) groups is 3. The molecule has 0 amide bonds. The molecule has 16 heteroatoms. The molecule has 22 heavy (non-hydrogen) atoms. The first-order valence-corrected chi connectivity index (χ1v) is 7.51. The van der Waals surface area contributed by atoms with E-state index < -0.39 is 54.6 Å². The summed E-state index contributed by atoms with van der Waals surface area (Å²) in [6.45, 7) is 0. The van der Waals surface area contributed by atoms with Gasteiger partial charge in [-0.3, -0.25) is 14.1 Å². The molecule has 0 atom stereocenters. The minimum absolute atomic E-state index is 1.14. The molecule has 7 N–H and O–H groups in total. The normalized spacial score (nSPS) is 12.0. The average molecular weight is 370 g/mol. The molecular formula is C6H11O14PS. The number of hydrogen-bond donors (Lipinski definition) is 7. The van der Waals surface area contributed by atoms with Crippen LogP contribution in [0.25, 0.3) is 0 Å². The Kier molecular flexibility index (Phi) is 8.38. The average Bonchev–Trinajstić information content (AvgIpc) is 2.08. The maximum Gasteiger partial charge on any atom is 0.486 e. The van der Waals surface area contributed by atoms with Crippen molar-refractivity contribution in [3.05, 3.63) is 0 Å². The van der Waals surface area contributed by atoms with Crippen molar-refractivity contribution in [3.8, 4) is 0 Å². The fourth-order valence-corrected chi connectivity index (χ4v) is 1.82. The van der Waals surface area contributed by atoms with Gasteiger partial charge in [0.2, 0.25) is 0 Å². The van der Waals surface area contributed by atoms with E-state index in [1.54, 1.807) is 0 Å². The molecule has 0 saturated heterocycles. The summed E-state index contributed by atoms with van der Waals surface area (Å²) >= 11 is 0. The Bertz CT molecular complexity index is 554. The van der Waals surface area contributed by atoms with E-state index in [-0.39, 0.29) is 0 Å². The second kappa shape index (κ2) is 8.14. The quantitative estimate of drug-likeness (QED) is 0.183. The number of aliphatic hydroxyl groups is 1. The number of hydrogen-bond acceptors (Lipinski definition) is 8. The van der Waals surface area contributed by atoms with Crippen LogP contribution in [0, 0.1) is 0 Å². The summed E-state index contributed by atoms with van der Waals surface area (Å²) in [5.41, 5.74) is -2.74. The van der Waals surface area contributed by atoms with Gasteiger partial charge in [-0.15, -0.1) is 3.97 Å². The van der Waals surface area contributed by atoms with Gasteiger partial charge in [0.25, 0.3) is 0 Å². The molecule has 0 radical (unpaired) electrons. The Hall–Kier alpha value is -1.61. The number of carboxylic acids is 3. The van der Waals surface area contributed by atoms with Gasteiger partial charge in [-0.25, -0.2) is 9.36 Å². The van der Waals surface area contributed by atoms with Crippen LogP contribution < -0.4 is 0 Å². The minimum Gasteiger partial charge on any atom is -0.481 e. The molecular weight excluding hydrogens is 359 g/mol. The van der Waals surface area contributed by atoms with Crippen molar-refractivity contribution in [2.75, 3.05) is 0 Å². The molecule has 0 fully saturated rings. The third kappa shape index (κ3) is 13.4. The van der Waals surface area contributed by atoms with Gasteiger partial charge in [0, 0.05) is 0 Å². The summed E-state index contributed by atoms with van der Waals surface area (Å²) in [4.78, 5) is 45.9. The molecule has 0 heterocycles. The molecule has 0 aromatic carbocycles. The predicted molar refractivity (Wildman–Crippen MR) is 61.8 cm³/mol. The van der Waals surface area contributed by atoms with Crippen LogP contribution in [0.4, 0.5) is 0 Å². The van der Waals surface area contributed by atoms with Crippen molar-refractivity contribution in [2.45, 2.75) is 18.4 Å². The largest absolute Gasteiger partial charge is 0.486 e. The van der Waals surface area contributed by atoms with Crippen LogP contribution in [0.5, 0.6) is 0 Å². The van der Waals surface area contributed by atoms with Gasteiger partial charge < -0.3 is 30.2 Å². The van der Waals surface area contributed by atoms with Crippen LogP contribution in [0.2, 0.25) is 0 Å². The van der Waals surface area contributed by atoms with E-state index in [2.05, 4.69) is 3.97 Å². The molecule has 0 unspecified atom stereocenters. The van der Waals surface area contributed by atoms with E-state index >= 15 is 0 Å². The third-order valence-corrected chi connectivity index (χ3v) is 3.01. The minimum atomic E-state index is -5.13. The zero-order chi connectivity index (χ0) is 18.4. The number of phosphoric acid groups is 1. The van der Waals surface area contributed by atoms with Crippen LogP contribution in [-0.2, 0) is 33.3 Å². The summed E-state index contributed by atoms with van der Waals surface area (Å²) < 4.78 is 39.0. The molecule has 0 aromatic heterocycles. The van der Waals surface area contributed by atoms with Crippen molar-refractivity contribution >= 4 is 36.1 Å². The highest BCUT2D eigenvalue weighted by Gasteiger charge is 2.40. The lowest BCUT2D eigenvalue weighted by molar-refractivity contribution is -0.170. The summed E-state index contributed by atoms with van der Waals surface area (Å²) in [5.74, 6) is -5.02. The Morgan fingerprint density at radius 2 is 1.32 bits per heavy atom.